The molecular weight excluding hydrogens is 290 g/mol. The molecule has 4 heteroatoms. The monoisotopic (exact) mass is 315 g/mol. The Morgan fingerprint density at radius 1 is 1.30 bits per heavy atom. The van der Waals surface area contributed by atoms with Crippen molar-refractivity contribution in [3.05, 3.63) is 29.8 Å². The van der Waals surface area contributed by atoms with E-state index < -0.39 is 0 Å². The van der Waals surface area contributed by atoms with Crippen molar-refractivity contribution in [1.29, 1.82) is 0 Å². The van der Waals surface area contributed by atoms with Crippen LogP contribution in [-0.2, 0) is 16.1 Å². The van der Waals surface area contributed by atoms with E-state index >= 15 is 0 Å². The Morgan fingerprint density at radius 2 is 2.04 bits per heavy atom. The minimum atomic E-state index is -0.277. The summed E-state index contributed by atoms with van der Waals surface area (Å²) in [6.45, 7) is 3.11. The number of nitrogens with zero attached hydrogens (tertiary/aromatic N) is 1. The van der Waals surface area contributed by atoms with Crippen LogP contribution in [0.2, 0.25) is 0 Å². The zero-order chi connectivity index (χ0) is 16.4. The van der Waals surface area contributed by atoms with Crippen molar-refractivity contribution in [1.82, 2.24) is 4.90 Å². The number of ketones is 1. The highest BCUT2D eigenvalue weighted by molar-refractivity contribution is 5.86. The molecule has 1 saturated carbocycles. The minimum Gasteiger partial charge on any atom is -0.497 e. The second-order valence-corrected chi connectivity index (χ2v) is 7.01. The highest BCUT2D eigenvalue weighted by atomic mass is 16.5. The molecule has 4 nitrogen and oxygen atoms in total. The van der Waals surface area contributed by atoms with Gasteiger partial charge in [0.2, 0.25) is 5.91 Å². The van der Waals surface area contributed by atoms with Crippen LogP contribution in [0.3, 0.4) is 0 Å². The molecule has 1 aromatic carbocycles. The number of amides is 1. The van der Waals surface area contributed by atoms with Crippen LogP contribution in [0.15, 0.2) is 24.3 Å². The van der Waals surface area contributed by atoms with Crippen molar-refractivity contribution in [2.75, 3.05) is 13.7 Å². The largest absolute Gasteiger partial charge is 0.497 e. The highest BCUT2D eigenvalue weighted by Gasteiger charge is 2.49. The maximum Gasteiger partial charge on any atom is 0.229 e. The van der Waals surface area contributed by atoms with Crippen molar-refractivity contribution < 1.29 is 14.3 Å². The molecule has 0 N–H and O–H groups in total. The topological polar surface area (TPSA) is 46.6 Å². The number of likely N-dealkylation sites (tertiary alicyclic amines) is 1. The lowest BCUT2D eigenvalue weighted by Gasteiger charge is -2.35. The second kappa shape index (κ2) is 6.34. The van der Waals surface area contributed by atoms with E-state index in [2.05, 4.69) is 0 Å². The molecule has 0 unspecified atom stereocenters. The summed E-state index contributed by atoms with van der Waals surface area (Å²) >= 11 is 0. The zero-order valence-corrected chi connectivity index (χ0v) is 14.0. The van der Waals surface area contributed by atoms with Crippen molar-refractivity contribution in [3.63, 3.8) is 0 Å². The number of rotatable bonds is 4. The predicted molar refractivity (Wildman–Crippen MR) is 88.1 cm³/mol. The third-order valence-corrected chi connectivity index (χ3v) is 5.55. The fraction of sp³-hybridized carbons (Fsp3) is 0.579. The SMILES string of the molecule is COc1ccc(CN2CC[C@]3(CCC[C@H](C(C)=O)C3)C2=O)cc1. The fourth-order valence-corrected chi connectivity index (χ4v) is 4.13. The molecule has 124 valence electrons. The molecular formula is C19H25NO3. The Hall–Kier alpha value is -1.84. The molecule has 2 atom stereocenters. The van der Waals surface area contributed by atoms with Gasteiger partial charge in [-0.3, -0.25) is 9.59 Å². The number of ether oxygens (including phenoxy) is 1. The van der Waals surface area contributed by atoms with Crippen LogP contribution in [0, 0.1) is 11.3 Å². The smallest absolute Gasteiger partial charge is 0.229 e. The van der Waals surface area contributed by atoms with Gasteiger partial charge in [0.15, 0.2) is 0 Å². The van der Waals surface area contributed by atoms with E-state index in [-0.39, 0.29) is 23.0 Å². The molecule has 1 aliphatic heterocycles. The predicted octanol–water partition coefficient (Wildman–Crippen LogP) is 3.19. The van der Waals surface area contributed by atoms with Gasteiger partial charge in [0.05, 0.1) is 12.5 Å². The third-order valence-electron chi connectivity index (χ3n) is 5.55. The summed E-state index contributed by atoms with van der Waals surface area (Å²) in [4.78, 5) is 26.7. The molecule has 1 aromatic rings. The lowest BCUT2D eigenvalue weighted by molar-refractivity contribution is -0.140. The summed E-state index contributed by atoms with van der Waals surface area (Å²) in [6, 6.07) is 7.88. The Balaban J connectivity index is 1.69. The van der Waals surface area contributed by atoms with Crippen LogP contribution >= 0.6 is 0 Å². The van der Waals surface area contributed by atoms with E-state index in [1.165, 1.54) is 0 Å². The van der Waals surface area contributed by atoms with E-state index in [0.29, 0.717) is 6.54 Å². The van der Waals surface area contributed by atoms with E-state index in [0.717, 1.165) is 50.0 Å². The Morgan fingerprint density at radius 3 is 2.70 bits per heavy atom. The van der Waals surface area contributed by atoms with Crippen LogP contribution in [0.5, 0.6) is 5.75 Å². The average Bonchev–Trinajstić information content (AvgIpc) is 2.85. The molecule has 2 fully saturated rings. The van der Waals surface area contributed by atoms with Gasteiger partial charge >= 0.3 is 0 Å². The zero-order valence-electron chi connectivity index (χ0n) is 14.0. The molecule has 1 amide bonds. The highest BCUT2D eigenvalue weighted by Crippen LogP contribution is 2.47. The van der Waals surface area contributed by atoms with Crippen LogP contribution in [0.4, 0.5) is 0 Å². The maximum atomic E-state index is 13.0. The van der Waals surface area contributed by atoms with Crippen molar-refractivity contribution >= 4 is 11.7 Å². The van der Waals surface area contributed by atoms with E-state index in [1.54, 1.807) is 14.0 Å². The van der Waals surface area contributed by atoms with Crippen molar-refractivity contribution in [2.45, 2.75) is 45.6 Å². The molecule has 23 heavy (non-hydrogen) atoms. The fourth-order valence-electron chi connectivity index (χ4n) is 4.13. The van der Waals surface area contributed by atoms with Gasteiger partial charge in [0.25, 0.3) is 0 Å². The number of carbonyl (C=O) groups excluding carboxylic acids is 2. The maximum absolute atomic E-state index is 13.0. The Labute approximate surface area is 137 Å². The van der Waals surface area contributed by atoms with Gasteiger partial charge in [-0.25, -0.2) is 0 Å². The first kappa shape index (κ1) is 16.0. The number of methoxy groups -OCH3 is 1. The minimum absolute atomic E-state index is 0.0774. The molecule has 3 rings (SSSR count). The van der Waals surface area contributed by atoms with Crippen LogP contribution in [-0.4, -0.2) is 30.2 Å². The summed E-state index contributed by atoms with van der Waals surface area (Å²) in [5.41, 5.74) is 0.844. The van der Waals surface area contributed by atoms with Gasteiger partial charge < -0.3 is 9.64 Å². The normalized spacial score (nSPS) is 27.5. The first-order chi connectivity index (χ1) is 11.0. The molecule has 0 bridgehead atoms. The summed E-state index contributed by atoms with van der Waals surface area (Å²) in [6.07, 6.45) is 4.52. The summed E-state index contributed by atoms with van der Waals surface area (Å²) < 4.78 is 5.17. The molecule has 0 aromatic heterocycles. The Kier molecular flexibility index (Phi) is 4.42. The first-order valence-corrected chi connectivity index (χ1v) is 8.47. The Bertz CT molecular complexity index is 595. The molecule has 1 spiro atoms. The molecule has 2 aliphatic rings. The standard InChI is InChI=1S/C19H25NO3/c1-14(21)16-4-3-9-19(12-16)10-11-20(18(19)22)13-15-5-7-17(23-2)8-6-15/h5-8,16H,3-4,9-13H2,1-2H3/t16-,19-/m0/s1. The summed E-state index contributed by atoms with van der Waals surface area (Å²) in [5, 5.41) is 0. The van der Waals surface area contributed by atoms with Gasteiger partial charge in [-0.15, -0.1) is 0 Å². The van der Waals surface area contributed by atoms with Gasteiger partial charge in [0.1, 0.15) is 11.5 Å². The quantitative estimate of drug-likeness (QED) is 0.857. The van der Waals surface area contributed by atoms with Gasteiger partial charge in [-0.1, -0.05) is 18.6 Å². The number of carbonyl (C=O) groups is 2. The average molecular weight is 315 g/mol. The molecule has 1 saturated heterocycles. The molecule has 0 radical (unpaired) electrons. The van der Waals surface area contributed by atoms with Gasteiger partial charge in [-0.05, 0) is 50.3 Å². The molecule has 1 heterocycles. The van der Waals surface area contributed by atoms with Gasteiger partial charge in [-0.2, -0.15) is 0 Å². The lowest BCUT2D eigenvalue weighted by Crippen LogP contribution is -2.39. The van der Waals surface area contributed by atoms with Gasteiger partial charge in [0, 0.05) is 19.0 Å². The van der Waals surface area contributed by atoms with Crippen LogP contribution in [0.25, 0.3) is 0 Å². The summed E-state index contributed by atoms with van der Waals surface area (Å²) in [7, 11) is 1.65. The van der Waals surface area contributed by atoms with Crippen LogP contribution < -0.4 is 4.74 Å². The number of benzene rings is 1. The summed E-state index contributed by atoms with van der Waals surface area (Å²) in [5.74, 6) is 1.40. The lowest BCUT2D eigenvalue weighted by atomic mass is 9.68. The van der Waals surface area contributed by atoms with Crippen molar-refractivity contribution in [2.24, 2.45) is 11.3 Å². The first-order valence-electron chi connectivity index (χ1n) is 8.47. The third kappa shape index (κ3) is 3.12. The van der Waals surface area contributed by atoms with Crippen molar-refractivity contribution in [3.8, 4) is 5.75 Å². The van der Waals surface area contributed by atoms with E-state index in [9.17, 15) is 9.59 Å². The second-order valence-electron chi connectivity index (χ2n) is 7.01. The number of hydrogen-bond acceptors (Lipinski definition) is 3. The number of hydrogen-bond donors (Lipinski definition) is 0. The van der Waals surface area contributed by atoms with E-state index in [4.69, 9.17) is 4.74 Å². The van der Waals surface area contributed by atoms with E-state index in [1.807, 2.05) is 29.2 Å². The van der Waals surface area contributed by atoms with Crippen LogP contribution in [0.1, 0.15) is 44.6 Å². The molecule has 1 aliphatic carbocycles. The number of Topliss-reactive ketones (excluding diaryl/α,β-unsaturated/α-hetero) is 1.